The molecule has 0 atom stereocenters. The minimum absolute atomic E-state index is 0.0317. The van der Waals surface area contributed by atoms with Crippen LogP contribution in [-0.4, -0.2) is 14.3 Å². The second-order valence-electron chi connectivity index (χ2n) is 4.35. The van der Waals surface area contributed by atoms with Crippen molar-refractivity contribution in [1.82, 2.24) is 0 Å². The van der Waals surface area contributed by atoms with Crippen LogP contribution in [0.15, 0.2) is 47.4 Å². The molecule has 0 aliphatic heterocycles. The number of aryl methyl sites for hydroxylation is 1. The van der Waals surface area contributed by atoms with Gasteiger partial charge < -0.3 is 5.32 Å². The Morgan fingerprint density at radius 1 is 1.10 bits per heavy atom. The van der Waals surface area contributed by atoms with Crippen LogP contribution < -0.4 is 5.32 Å². The molecular formula is C14H11Cl2NO3S. The number of carbonyl (C=O) groups is 1. The first-order valence-corrected chi connectivity index (χ1v) is 8.59. The number of hydrogen-bond donors (Lipinski definition) is 1. The molecule has 0 bridgehead atoms. The van der Waals surface area contributed by atoms with E-state index in [0.29, 0.717) is 16.3 Å². The van der Waals surface area contributed by atoms with Gasteiger partial charge in [-0.2, -0.15) is 0 Å². The van der Waals surface area contributed by atoms with E-state index in [1.54, 1.807) is 25.1 Å². The highest BCUT2D eigenvalue weighted by Gasteiger charge is 2.13. The summed E-state index contributed by atoms with van der Waals surface area (Å²) in [4.78, 5) is 12.1. The van der Waals surface area contributed by atoms with Gasteiger partial charge in [0.2, 0.25) is 0 Å². The highest BCUT2D eigenvalue weighted by Crippen LogP contribution is 2.22. The summed E-state index contributed by atoms with van der Waals surface area (Å²) in [5, 5.41) is 3.03. The monoisotopic (exact) mass is 343 g/mol. The number of anilines is 1. The van der Waals surface area contributed by atoms with Crippen molar-refractivity contribution in [3.63, 3.8) is 0 Å². The highest BCUT2D eigenvalue weighted by molar-refractivity contribution is 8.13. The number of halogens is 2. The Morgan fingerprint density at radius 2 is 1.71 bits per heavy atom. The molecule has 21 heavy (non-hydrogen) atoms. The van der Waals surface area contributed by atoms with Crippen molar-refractivity contribution < 1.29 is 13.2 Å². The van der Waals surface area contributed by atoms with Gasteiger partial charge in [0.1, 0.15) is 0 Å². The lowest BCUT2D eigenvalue weighted by atomic mass is 10.1. The van der Waals surface area contributed by atoms with E-state index < -0.39 is 9.05 Å². The van der Waals surface area contributed by atoms with E-state index in [2.05, 4.69) is 5.32 Å². The van der Waals surface area contributed by atoms with Gasteiger partial charge in [-0.25, -0.2) is 8.42 Å². The standard InChI is InChI=1S/C14H11Cl2NO3S/c1-9-3-2-4-12(13(9)15)14(18)17-10-5-7-11(8-6-10)21(16,19)20/h2-8H,1H3,(H,17,18). The number of hydrogen-bond acceptors (Lipinski definition) is 3. The van der Waals surface area contributed by atoms with Crippen LogP contribution in [0.5, 0.6) is 0 Å². The second kappa shape index (κ2) is 6.05. The Morgan fingerprint density at radius 3 is 2.29 bits per heavy atom. The molecule has 0 saturated carbocycles. The van der Waals surface area contributed by atoms with Crippen LogP contribution in [0, 0.1) is 6.92 Å². The quantitative estimate of drug-likeness (QED) is 0.861. The van der Waals surface area contributed by atoms with Crippen LogP contribution in [0.4, 0.5) is 5.69 Å². The molecule has 0 aliphatic carbocycles. The minimum atomic E-state index is -3.77. The van der Waals surface area contributed by atoms with E-state index in [9.17, 15) is 13.2 Å². The summed E-state index contributed by atoms with van der Waals surface area (Å²) in [6, 6.07) is 10.7. The number of amides is 1. The zero-order valence-electron chi connectivity index (χ0n) is 10.9. The van der Waals surface area contributed by atoms with E-state index in [1.807, 2.05) is 0 Å². The molecule has 0 spiro atoms. The number of carbonyl (C=O) groups excluding carboxylic acids is 1. The summed E-state index contributed by atoms with van der Waals surface area (Å²) in [7, 11) is 1.44. The van der Waals surface area contributed by atoms with E-state index in [-0.39, 0.29) is 10.8 Å². The first-order valence-electron chi connectivity index (χ1n) is 5.90. The van der Waals surface area contributed by atoms with Gasteiger partial charge in [-0.05, 0) is 42.8 Å². The van der Waals surface area contributed by atoms with Crippen molar-refractivity contribution in [3.8, 4) is 0 Å². The molecule has 2 rings (SSSR count). The average Bonchev–Trinajstić information content (AvgIpc) is 2.41. The Kier molecular flexibility index (Phi) is 4.56. The fraction of sp³-hybridized carbons (Fsp3) is 0.0714. The fourth-order valence-corrected chi connectivity index (χ4v) is 2.70. The highest BCUT2D eigenvalue weighted by atomic mass is 35.7. The van der Waals surface area contributed by atoms with Gasteiger partial charge >= 0.3 is 0 Å². The average molecular weight is 344 g/mol. The van der Waals surface area contributed by atoms with Gasteiger partial charge in [0.15, 0.2) is 0 Å². The zero-order chi connectivity index (χ0) is 15.6. The topological polar surface area (TPSA) is 63.2 Å². The molecule has 2 aromatic rings. The summed E-state index contributed by atoms with van der Waals surface area (Å²) in [6.45, 7) is 1.80. The van der Waals surface area contributed by atoms with E-state index >= 15 is 0 Å². The first-order chi connectivity index (χ1) is 9.79. The molecule has 0 aromatic heterocycles. The Hall–Kier alpha value is -1.56. The minimum Gasteiger partial charge on any atom is -0.322 e. The SMILES string of the molecule is Cc1cccc(C(=O)Nc2ccc(S(=O)(=O)Cl)cc2)c1Cl. The van der Waals surface area contributed by atoms with Crippen molar-refractivity contribution in [2.45, 2.75) is 11.8 Å². The third-order valence-corrected chi connectivity index (χ3v) is 4.70. The Bertz CT molecular complexity index is 786. The Balaban J connectivity index is 2.22. The molecular weight excluding hydrogens is 333 g/mol. The summed E-state index contributed by atoms with van der Waals surface area (Å²) < 4.78 is 22.3. The molecule has 0 aliphatic rings. The van der Waals surface area contributed by atoms with Gasteiger partial charge in [-0.3, -0.25) is 4.79 Å². The molecule has 0 radical (unpaired) electrons. The third-order valence-electron chi connectivity index (χ3n) is 2.83. The lowest BCUT2D eigenvalue weighted by Gasteiger charge is -2.08. The molecule has 110 valence electrons. The lowest BCUT2D eigenvalue weighted by molar-refractivity contribution is 0.102. The van der Waals surface area contributed by atoms with Crippen LogP contribution in [0.3, 0.4) is 0 Å². The van der Waals surface area contributed by atoms with Crippen molar-refractivity contribution >= 4 is 42.9 Å². The molecule has 0 unspecified atom stereocenters. The van der Waals surface area contributed by atoms with E-state index in [0.717, 1.165) is 5.56 Å². The second-order valence-corrected chi connectivity index (χ2v) is 7.30. The van der Waals surface area contributed by atoms with Crippen LogP contribution in [0.25, 0.3) is 0 Å². The molecule has 1 N–H and O–H groups in total. The van der Waals surface area contributed by atoms with Crippen molar-refractivity contribution in [2.75, 3.05) is 5.32 Å². The van der Waals surface area contributed by atoms with Crippen molar-refractivity contribution in [1.29, 1.82) is 0 Å². The van der Waals surface area contributed by atoms with Crippen LogP contribution in [-0.2, 0) is 9.05 Å². The maximum absolute atomic E-state index is 12.1. The zero-order valence-corrected chi connectivity index (χ0v) is 13.3. The number of rotatable bonds is 3. The van der Waals surface area contributed by atoms with Crippen LogP contribution >= 0.6 is 22.3 Å². The Labute approximate surface area is 132 Å². The first kappa shape index (κ1) is 15.8. The van der Waals surface area contributed by atoms with Gasteiger partial charge in [0, 0.05) is 16.4 Å². The summed E-state index contributed by atoms with van der Waals surface area (Å²) in [6.07, 6.45) is 0. The van der Waals surface area contributed by atoms with E-state index in [1.165, 1.54) is 24.3 Å². The fourth-order valence-electron chi connectivity index (χ4n) is 1.72. The molecule has 1 amide bonds. The number of nitrogens with one attached hydrogen (secondary N) is 1. The predicted molar refractivity (Wildman–Crippen MR) is 83.6 cm³/mol. The maximum atomic E-state index is 12.1. The van der Waals surface area contributed by atoms with Crippen LogP contribution in [0.1, 0.15) is 15.9 Å². The van der Waals surface area contributed by atoms with Gasteiger partial charge in [0.05, 0.1) is 15.5 Å². The van der Waals surface area contributed by atoms with Crippen LogP contribution in [0.2, 0.25) is 5.02 Å². The smallest absolute Gasteiger partial charge is 0.261 e. The molecule has 0 saturated heterocycles. The van der Waals surface area contributed by atoms with Crippen molar-refractivity contribution in [3.05, 3.63) is 58.6 Å². The van der Waals surface area contributed by atoms with Gasteiger partial charge in [-0.1, -0.05) is 23.7 Å². The van der Waals surface area contributed by atoms with Crippen molar-refractivity contribution in [2.24, 2.45) is 0 Å². The van der Waals surface area contributed by atoms with Gasteiger partial charge in [-0.15, -0.1) is 0 Å². The van der Waals surface area contributed by atoms with E-state index in [4.69, 9.17) is 22.3 Å². The molecule has 0 fully saturated rings. The molecule has 4 nitrogen and oxygen atoms in total. The summed E-state index contributed by atoms with van der Waals surface area (Å²) >= 11 is 6.08. The molecule has 7 heteroatoms. The maximum Gasteiger partial charge on any atom is 0.261 e. The normalized spacial score (nSPS) is 11.2. The summed E-state index contributed by atoms with van der Waals surface area (Å²) in [5.41, 5.74) is 1.60. The number of benzene rings is 2. The lowest BCUT2D eigenvalue weighted by Crippen LogP contribution is -2.12. The van der Waals surface area contributed by atoms with Gasteiger partial charge in [0.25, 0.3) is 15.0 Å². The predicted octanol–water partition coefficient (Wildman–Crippen LogP) is 3.83. The summed E-state index contributed by atoms with van der Waals surface area (Å²) in [5.74, 6) is -0.370. The third kappa shape index (κ3) is 3.75. The largest absolute Gasteiger partial charge is 0.322 e. The molecule has 0 heterocycles. The molecule has 2 aromatic carbocycles.